The Morgan fingerprint density at radius 3 is 2.90 bits per heavy atom. The minimum absolute atomic E-state index is 0.0293. The lowest BCUT2D eigenvalue weighted by Gasteiger charge is -2.52. The number of thioether (sulfide) groups is 1. The standard InChI is InChI=1S/C23H25N3O4S/c27-17-8-9-25-21(22(17)28)23(29)24-10-11-30-12-19(24)26(25)20-15-5-2-1-4-14(15)13-31-18-7-3-6-16(18)20/h1-2,4-5,8-9,16,18-20,28H,3,6-7,10-13H2. The topological polar surface area (TPSA) is 75.0 Å². The third-order valence-electron chi connectivity index (χ3n) is 7.20. The van der Waals surface area contributed by atoms with Crippen molar-refractivity contribution >= 4 is 17.7 Å². The highest BCUT2D eigenvalue weighted by Crippen LogP contribution is 2.50. The summed E-state index contributed by atoms with van der Waals surface area (Å²) in [4.78, 5) is 27.3. The van der Waals surface area contributed by atoms with Crippen LogP contribution in [0.1, 0.15) is 46.9 Å². The molecular formula is C23H25N3O4S. The number of nitrogens with zero attached hydrogens (tertiary/aromatic N) is 3. The van der Waals surface area contributed by atoms with Crippen LogP contribution >= 0.6 is 11.8 Å². The predicted octanol–water partition coefficient (Wildman–Crippen LogP) is 2.46. The van der Waals surface area contributed by atoms with Gasteiger partial charge in [0.1, 0.15) is 6.17 Å². The van der Waals surface area contributed by atoms with Gasteiger partial charge in [0, 0.05) is 29.8 Å². The highest BCUT2D eigenvalue weighted by atomic mass is 32.2. The molecule has 1 N–H and O–H groups in total. The molecule has 0 spiro atoms. The predicted molar refractivity (Wildman–Crippen MR) is 118 cm³/mol. The molecule has 2 aromatic rings. The van der Waals surface area contributed by atoms with Gasteiger partial charge in [-0.2, -0.15) is 11.8 Å². The van der Waals surface area contributed by atoms with Gasteiger partial charge >= 0.3 is 0 Å². The van der Waals surface area contributed by atoms with Crippen LogP contribution in [0.4, 0.5) is 0 Å². The highest BCUT2D eigenvalue weighted by Gasteiger charge is 2.49. The van der Waals surface area contributed by atoms with E-state index in [1.807, 2.05) is 11.8 Å². The second-order valence-corrected chi connectivity index (χ2v) is 9.97. The lowest BCUT2D eigenvalue weighted by atomic mass is 9.88. The number of benzene rings is 1. The molecule has 1 saturated carbocycles. The summed E-state index contributed by atoms with van der Waals surface area (Å²) in [5, 5.41) is 13.4. The van der Waals surface area contributed by atoms with Crippen LogP contribution in [0.2, 0.25) is 0 Å². The largest absolute Gasteiger partial charge is 0.502 e. The van der Waals surface area contributed by atoms with Crippen LogP contribution in [0, 0.1) is 5.92 Å². The molecule has 1 aromatic heterocycles. The molecular weight excluding hydrogens is 414 g/mol. The number of pyridine rings is 1. The first kappa shape index (κ1) is 19.3. The van der Waals surface area contributed by atoms with Crippen LogP contribution in [0.3, 0.4) is 0 Å². The number of rotatable bonds is 1. The van der Waals surface area contributed by atoms with Gasteiger partial charge in [0.05, 0.1) is 19.3 Å². The Hall–Kier alpha value is -2.45. The summed E-state index contributed by atoms with van der Waals surface area (Å²) in [7, 11) is 0. The summed E-state index contributed by atoms with van der Waals surface area (Å²) >= 11 is 2.03. The molecule has 7 nitrogen and oxygen atoms in total. The van der Waals surface area contributed by atoms with E-state index >= 15 is 0 Å². The number of hydrogen-bond acceptors (Lipinski definition) is 6. The van der Waals surface area contributed by atoms with Crippen molar-refractivity contribution in [2.24, 2.45) is 5.92 Å². The van der Waals surface area contributed by atoms with E-state index in [-0.39, 0.29) is 23.8 Å². The maximum absolute atomic E-state index is 13.3. The summed E-state index contributed by atoms with van der Waals surface area (Å²) in [5.41, 5.74) is 2.13. The third kappa shape index (κ3) is 2.84. The normalized spacial score (nSPS) is 29.6. The van der Waals surface area contributed by atoms with Crippen molar-refractivity contribution in [1.82, 2.24) is 9.58 Å². The Morgan fingerprint density at radius 2 is 2.00 bits per heavy atom. The van der Waals surface area contributed by atoms with E-state index in [1.54, 1.807) is 15.8 Å². The maximum atomic E-state index is 13.3. The number of fused-ring (bicyclic) bond motifs is 4. The second kappa shape index (κ2) is 7.31. The Balaban J connectivity index is 1.60. The van der Waals surface area contributed by atoms with Crippen LogP contribution in [0.15, 0.2) is 41.3 Å². The van der Waals surface area contributed by atoms with Crippen LogP contribution in [-0.4, -0.2) is 51.8 Å². The average molecular weight is 440 g/mol. The SMILES string of the molecule is O=C1c2c(O)c(=O)ccn2N(C2c3ccccc3CSC3CCCC32)C2COCCN12. The van der Waals surface area contributed by atoms with Crippen LogP contribution in [0.5, 0.6) is 5.75 Å². The lowest BCUT2D eigenvalue weighted by Crippen LogP contribution is -2.67. The molecule has 4 heterocycles. The van der Waals surface area contributed by atoms with Crippen molar-refractivity contribution < 1.29 is 14.6 Å². The van der Waals surface area contributed by atoms with Crippen LogP contribution in [-0.2, 0) is 10.5 Å². The summed E-state index contributed by atoms with van der Waals surface area (Å²) in [6.07, 6.45) is 4.88. The smallest absolute Gasteiger partial charge is 0.278 e. The number of carbonyl (C=O) groups is 1. The molecule has 3 aliphatic heterocycles. The molecule has 162 valence electrons. The zero-order chi connectivity index (χ0) is 21.1. The molecule has 31 heavy (non-hydrogen) atoms. The monoisotopic (exact) mass is 439 g/mol. The molecule has 1 aliphatic carbocycles. The Kier molecular flexibility index (Phi) is 4.54. The molecule has 1 saturated heterocycles. The van der Waals surface area contributed by atoms with E-state index in [0.717, 1.165) is 12.2 Å². The van der Waals surface area contributed by atoms with Crippen molar-refractivity contribution in [3.63, 3.8) is 0 Å². The molecule has 1 amide bonds. The fraction of sp³-hybridized carbons (Fsp3) is 0.478. The number of hydrogen-bond donors (Lipinski definition) is 1. The minimum atomic E-state index is -0.526. The Labute approximate surface area is 184 Å². The molecule has 2 fully saturated rings. The first-order valence-electron chi connectivity index (χ1n) is 11.0. The Morgan fingerprint density at radius 1 is 1.13 bits per heavy atom. The fourth-order valence-corrected chi connectivity index (χ4v) is 7.32. The van der Waals surface area contributed by atoms with E-state index in [9.17, 15) is 14.7 Å². The number of aromatic hydroxyl groups is 1. The zero-order valence-corrected chi connectivity index (χ0v) is 18.0. The molecule has 8 heteroatoms. The molecule has 6 rings (SSSR count). The minimum Gasteiger partial charge on any atom is -0.502 e. The van der Waals surface area contributed by atoms with Gasteiger partial charge in [-0.05, 0) is 29.9 Å². The summed E-state index contributed by atoms with van der Waals surface area (Å²) in [6.45, 7) is 1.30. The van der Waals surface area contributed by atoms with E-state index in [4.69, 9.17) is 4.74 Å². The van der Waals surface area contributed by atoms with Crippen LogP contribution in [0.25, 0.3) is 0 Å². The second-order valence-electron chi connectivity index (χ2n) is 8.74. The van der Waals surface area contributed by atoms with Gasteiger partial charge in [-0.1, -0.05) is 30.7 Å². The van der Waals surface area contributed by atoms with Gasteiger partial charge in [-0.25, -0.2) is 0 Å². The molecule has 0 radical (unpaired) electrons. The zero-order valence-electron chi connectivity index (χ0n) is 17.1. The number of aromatic nitrogens is 1. The number of morpholine rings is 1. The van der Waals surface area contributed by atoms with Gasteiger partial charge in [0.25, 0.3) is 5.91 Å². The number of ether oxygens (including phenoxy) is 1. The summed E-state index contributed by atoms with van der Waals surface area (Å²) < 4.78 is 7.57. The fourth-order valence-electron chi connectivity index (χ4n) is 5.80. The summed E-state index contributed by atoms with van der Waals surface area (Å²) in [5.74, 6) is 0.620. The highest BCUT2D eigenvalue weighted by molar-refractivity contribution is 7.99. The van der Waals surface area contributed by atoms with Crippen molar-refractivity contribution in [1.29, 1.82) is 0 Å². The number of carbonyl (C=O) groups excluding carboxylic acids is 1. The summed E-state index contributed by atoms with van der Waals surface area (Å²) in [6, 6.07) is 9.95. The van der Waals surface area contributed by atoms with Gasteiger partial charge < -0.3 is 14.7 Å². The Bertz CT molecular complexity index is 1100. The molecule has 0 bridgehead atoms. The van der Waals surface area contributed by atoms with Gasteiger partial charge in [0.15, 0.2) is 11.4 Å². The van der Waals surface area contributed by atoms with E-state index in [1.165, 1.54) is 30.0 Å². The van der Waals surface area contributed by atoms with Crippen molar-refractivity contribution in [3.8, 4) is 5.75 Å². The quantitative estimate of drug-likeness (QED) is 0.736. The molecule has 4 atom stereocenters. The van der Waals surface area contributed by atoms with Crippen molar-refractivity contribution in [2.75, 3.05) is 24.8 Å². The van der Waals surface area contributed by atoms with E-state index in [0.29, 0.717) is 30.9 Å². The maximum Gasteiger partial charge on any atom is 0.278 e. The number of amides is 1. The van der Waals surface area contributed by atoms with Gasteiger partial charge in [-0.15, -0.1) is 0 Å². The first-order valence-corrected chi connectivity index (χ1v) is 12.0. The van der Waals surface area contributed by atoms with E-state index in [2.05, 4.69) is 29.3 Å². The van der Waals surface area contributed by atoms with Gasteiger partial charge in [-0.3, -0.25) is 19.3 Å². The molecule has 4 aliphatic rings. The van der Waals surface area contributed by atoms with E-state index < -0.39 is 11.2 Å². The lowest BCUT2D eigenvalue weighted by molar-refractivity contribution is -0.0232. The van der Waals surface area contributed by atoms with Crippen molar-refractivity contribution in [3.05, 3.63) is 63.6 Å². The first-order chi connectivity index (χ1) is 15.1. The molecule has 4 unspecified atom stereocenters. The third-order valence-corrected chi connectivity index (χ3v) is 8.69. The van der Waals surface area contributed by atoms with Crippen molar-refractivity contribution in [2.45, 2.75) is 42.5 Å². The molecule has 1 aromatic carbocycles. The average Bonchev–Trinajstić information content (AvgIpc) is 3.20. The van der Waals surface area contributed by atoms with Crippen LogP contribution < -0.4 is 10.4 Å². The van der Waals surface area contributed by atoms with Gasteiger partial charge in [0.2, 0.25) is 5.43 Å².